The normalized spacial score (nSPS) is 19.5. The van der Waals surface area contributed by atoms with Gasteiger partial charge in [0, 0.05) is 22.0 Å². The molecule has 6 rings (SSSR count). The average Bonchev–Trinajstić information content (AvgIpc) is 3.46. The van der Waals surface area contributed by atoms with Crippen molar-refractivity contribution in [3.63, 3.8) is 0 Å². The standard InChI is InChI=1S/C30H25N3O6S2/c1-16-6-5-7-17(14-16)31-22(34)15-39-21-9-4-3-8-20(21)23-24-26(40-27-25(23)41-30(37)32-27)29(36)33(28(24)35)18-10-12-19(38-2)13-11-18/h3-14,23-24,26H,15H2,1-2H3,(H,31,34)(H,32,37)/t23-,24?,26?/m1/s1. The second-order valence-corrected chi connectivity index (χ2v) is 11.9. The predicted molar refractivity (Wildman–Crippen MR) is 157 cm³/mol. The van der Waals surface area contributed by atoms with Crippen molar-refractivity contribution < 1.29 is 23.9 Å². The van der Waals surface area contributed by atoms with Crippen LogP contribution >= 0.6 is 23.1 Å². The van der Waals surface area contributed by atoms with Crippen molar-refractivity contribution in [3.8, 4) is 11.5 Å². The molecule has 0 saturated carbocycles. The van der Waals surface area contributed by atoms with E-state index in [4.69, 9.17) is 9.47 Å². The van der Waals surface area contributed by atoms with Crippen molar-refractivity contribution in [2.45, 2.75) is 23.1 Å². The number of hydrogen-bond acceptors (Lipinski definition) is 8. The zero-order valence-electron chi connectivity index (χ0n) is 22.1. The van der Waals surface area contributed by atoms with Crippen LogP contribution in [0.5, 0.6) is 11.5 Å². The maximum absolute atomic E-state index is 14.0. The first-order valence-corrected chi connectivity index (χ1v) is 14.5. The van der Waals surface area contributed by atoms with Gasteiger partial charge in [-0.05, 0) is 55.0 Å². The van der Waals surface area contributed by atoms with Crippen LogP contribution in [0.2, 0.25) is 0 Å². The van der Waals surface area contributed by atoms with Crippen molar-refractivity contribution in [2.24, 2.45) is 5.92 Å². The van der Waals surface area contributed by atoms with Crippen LogP contribution in [0.15, 0.2) is 82.6 Å². The number of aryl methyl sites for hydroxylation is 1. The molecule has 3 amide bonds. The van der Waals surface area contributed by atoms with Gasteiger partial charge in [-0.15, -0.1) is 0 Å². The lowest BCUT2D eigenvalue weighted by molar-refractivity contribution is -0.122. The van der Waals surface area contributed by atoms with Gasteiger partial charge in [0.2, 0.25) is 11.8 Å². The summed E-state index contributed by atoms with van der Waals surface area (Å²) in [7, 11) is 1.54. The maximum atomic E-state index is 14.0. The number of aromatic nitrogens is 1. The molecule has 41 heavy (non-hydrogen) atoms. The summed E-state index contributed by atoms with van der Waals surface area (Å²) in [6, 6.07) is 21.3. The topological polar surface area (TPSA) is 118 Å². The van der Waals surface area contributed by atoms with Crippen molar-refractivity contribution in [1.82, 2.24) is 4.98 Å². The summed E-state index contributed by atoms with van der Waals surface area (Å²) in [6.45, 7) is 1.67. The smallest absolute Gasteiger partial charge is 0.305 e. The maximum Gasteiger partial charge on any atom is 0.305 e. The first kappa shape index (κ1) is 26.9. The molecule has 2 aliphatic heterocycles. The molecule has 3 heterocycles. The highest BCUT2D eigenvalue weighted by atomic mass is 32.2. The predicted octanol–water partition coefficient (Wildman–Crippen LogP) is 4.57. The number of nitrogens with zero attached hydrogens (tertiary/aromatic N) is 1. The molecule has 2 unspecified atom stereocenters. The van der Waals surface area contributed by atoms with Crippen LogP contribution < -0.4 is 24.6 Å². The second-order valence-electron chi connectivity index (χ2n) is 9.70. The van der Waals surface area contributed by atoms with Crippen LogP contribution in [0.1, 0.15) is 21.9 Å². The lowest BCUT2D eigenvalue weighted by Gasteiger charge is -2.30. The summed E-state index contributed by atoms with van der Waals surface area (Å²) in [5, 5.41) is 2.65. The Morgan fingerprint density at radius 2 is 1.78 bits per heavy atom. The fourth-order valence-corrected chi connectivity index (χ4v) is 7.78. The highest BCUT2D eigenvalue weighted by molar-refractivity contribution is 8.00. The van der Waals surface area contributed by atoms with E-state index < -0.39 is 17.1 Å². The van der Waals surface area contributed by atoms with Gasteiger partial charge in [0.1, 0.15) is 16.7 Å². The number of benzene rings is 3. The number of para-hydroxylation sites is 1. The van der Waals surface area contributed by atoms with Crippen LogP contribution in [0.4, 0.5) is 11.4 Å². The number of hydrogen-bond donors (Lipinski definition) is 2. The summed E-state index contributed by atoms with van der Waals surface area (Å²) >= 11 is 2.22. The Balaban J connectivity index is 1.33. The lowest BCUT2D eigenvalue weighted by atomic mass is 9.82. The van der Waals surface area contributed by atoms with Crippen LogP contribution in [-0.4, -0.2) is 41.7 Å². The minimum atomic E-state index is -0.778. The number of rotatable bonds is 7. The van der Waals surface area contributed by atoms with E-state index in [9.17, 15) is 19.2 Å². The quantitative estimate of drug-likeness (QED) is 0.304. The number of aromatic amines is 1. The van der Waals surface area contributed by atoms with E-state index in [2.05, 4.69) is 10.3 Å². The van der Waals surface area contributed by atoms with Gasteiger partial charge in [0.15, 0.2) is 6.61 Å². The van der Waals surface area contributed by atoms with Crippen LogP contribution in [0.3, 0.4) is 0 Å². The van der Waals surface area contributed by atoms with E-state index >= 15 is 0 Å². The molecular weight excluding hydrogens is 562 g/mol. The number of fused-ring (bicyclic) bond motifs is 2. The molecule has 0 spiro atoms. The molecule has 3 aromatic carbocycles. The Labute approximate surface area is 243 Å². The molecule has 1 saturated heterocycles. The molecule has 0 bridgehead atoms. The fourth-order valence-electron chi connectivity index (χ4n) is 5.27. The first-order chi connectivity index (χ1) is 19.8. The molecule has 208 valence electrons. The van der Waals surface area contributed by atoms with Crippen molar-refractivity contribution >= 4 is 52.2 Å². The van der Waals surface area contributed by atoms with E-state index in [1.807, 2.05) is 37.3 Å². The summed E-state index contributed by atoms with van der Waals surface area (Å²) in [6.07, 6.45) is 0. The van der Waals surface area contributed by atoms with Crippen molar-refractivity contribution in [2.75, 3.05) is 23.9 Å². The van der Waals surface area contributed by atoms with Crippen LogP contribution in [0.25, 0.3) is 0 Å². The van der Waals surface area contributed by atoms with Gasteiger partial charge >= 0.3 is 4.87 Å². The van der Waals surface area contributed by atoms with E-state index in [1.165, 1.54) is 16.7 Å². The number of amides is 3. The van der Waals surface area contributed by atoms with E-state index in [1.54, 1.807) is 49.6 Å². The number of anilines is 2. The van der Waals surface area contributed by atoms with E-state index in [0.29, 0.717) is 38.3 Å². The minimum absolute atomic E-state index is 0.262. The molecule has 2 N–H and O–H groups in total. The van der Waals surface area contributed by atoms with E-state index in [-0.39, 0.29) is 29.2 Å². The Bertz CT molecular complexity index is 1710. The molecule has 9 nitrogen and oxygen atoms in total. The molecule has 1 aromatic heterocycles. The number of ether oxygens (including phenoxy) is 2. The third-order valence-corrected chi connectivity index (χ3v) is 9.47. The molecule has 3 atom stereocenters. The number of H-pyrrole nitrogens is 1. The Kier molecular flexibility index (Phi) is 7.14. The van der Waals surface area contributed by atoms with Crippen LogP contribution in [-0.2, 0) is 14.4 Å². The van der Waals surface area contributed by atoms with Crippen molar-refractivity contribution in [1.29, 1.82) is 0 Å². The van der Waals surface area contributed by atoms with E-state index in [0.717, 1.165) is 16.9 Å². The summed E-state index contributed by atoms with van der Waals surface area (Å²) < 4.78 is 11.2. The molecule has 11 heteroatoms. The molecular formula is C30H25N3O6S2. The van der Waals surface area contributed by atoms with Gasteiger partial charge in [-0.1, -0.05) is 53.4 Å². The summed E-state index contributed by atoms with van der Waals surface area (Å²) in [5.74, 6) is -1.45. The van der Waals surface area contributed by atoms with Gasteiger partial charge < -0.3 is 19.8 Å². The molecule has 0 aliphatic carbocycles. The van der Waals surface area contributed by atoms with Gasteiger partial charge in [0.05, 0.1) is 23.7 Å². The summed E-state index contributed by atoms with van der Waals surface area (Å²) in [5.41, 5.74) is 2.75. The number of nitrogens with one attached hydrogen (secondary N) is 2. The molecule has 4 aromatic rings. The SMILES string of the molecule is COc1ccc(N2C(=O)C3Sc4[nH]c(=O)sc4[C@H](c4ccccc4OCC(=O)Nc4cccc(C)c4)C3C2=O)cc1. The zero-order chi connectivity index (χ0) is 28.7. The fraction of sp³-hybridized carbons (Fsp3) is 0.200. The monoisotopic (exact) mass is 587 g/mol. The molecule has 1 fully saturated rings. The number of thioether (sulfide) groups is 1. The largest absolute Gasteiger partial charge is 0.497 e. The van der Waals surface area contributed by atoms with Gasteiger partial charge in [-0.2, -0.15) is 0 Å². The number of imide groups is 1. The zero-order valence-corrected chi connectivity index (χ0v) is 23.7. The number of carbonyl (C=O) groups is 3. The number of thiazole rings is 1. The van der Waals surface area contributed by atoms with Gasteiger partial charge in [-0.3, -0.25) is 19.2 Å². The third kappa shape index (κ3) is 5.02. The minimum Gasteiger partial charge on any atom is -0.497 e. The van der Waals surface area contributed by atoms with Gasteiger partial charge in [0.25, 0.3) is 5.91 Å². The molecule has 2 aliphatic rings. The lowest BCUT2D eigenvalue weighted by Crippen LogP contribution is -2.32. The van der Waals surface area contributed by atoms with Crippen LogP contribution in [0, 0.1) is 12.8 Å². The molecule has 0 radical (unpaired) electrons. The van der Waals surface area contributed by atoms with Gasteiger partial charge in [-0.25, -0.2) is 4.90 Å². The second kappa shape index (κ2) is 10.9. The Morgan fingerprint density at radius 3 is 2.54 bits per heavy atom. The summed E-state index contributed by atoms with van der Waals surface area (Å²) in [4.78, 5) is 57.3. The number of carbonyl (C=O) groups excluding carboxylic acids is 3. The van der Waals surface area contributed by atoms with Crippen molar-refractivity contribution in [3.05, 3.63) is 98.5 Å². The number of methoxy groups -OCH3 is 1. The third-order valence-electron chi connectivity index (χ3n) is 7.07. The first-order valence-electron chi connectivity index (χ1n) is 12.8. The Morgan fingerprint density at radius 1 is 1.00 bits per heavy atom. The highest BCUT2D eigenvalue weighted by Crippen LogP contribution is 2.54. The Hall–Kier alpha value is -4.35. The average molecular weight is 588 g/mol. The highest BCUT2D eigenvalue weighted by Gasteiger charge is 2.56.